The number of rotatable bonds is 2. The van der Waals surface area contributed by atoms with Crippen molar-refractivity contribution < 1.29 is 19.2 Å². The highest BCUT2D eigenvalue weighted by molar-refractivity contribution is 6.43. The molecule has 0 spiro atoms. The average molecular weight is 342 g/mol. The molecule has 114 valence electrons. The van der Waals surface area contributed by atoms with Crippen LogP contribution in [0.1, 0.15) is 20.7 Å². The molecule has 1 N–H and O–H groups in total. The predicted octanol–water partition coefficient (Wildman–Crippen LogP) is 1.14. The second-order valence-corrected chi connectivity index (χ2v) is 5.60. The van der Waals surface area contributed by atoms with Crippen LogP contribution in [0.2, 0.25) is 10.0 Å². The quantitative estimate of drug-likeness (QED) is 0.817. The molecule has 22 heavy (non-hydrogen) atoms. The number of nitrogens with one attached hydrogen (secondary N) is 1. The van der Waals surface area contributed by atoms with Gasteiger partial charge in [-0.2, -0.15) is 0 Å². The second-order valence-electron chi connectivity index (χ2n) is 4.79. The summed E-state index contributed by atoms with van der Waals surface area (Å²) in [6.07, 6.45) is 0. The number of amides is 5. The van der Waals surface area contributed by atoms with E-state index in [0.717, 1.165) is 9.80 Å². The number of hydrogen-bond acceptors (Lipinski definition) is 4. The van der Waals surface area contributed by atoms with Crippen molar-refractivity contribution in [2.75, 3.05) is 19.6 Å². The Bertz CT molecular complexity index is 693. The zero-order valence-electron chi connectivity index (χ0n) is 11.1. The van der Waals surface area contributed by atoms with Gasteiger partial charge in [0.15, 0.2) is 0 Å². The standard InChI is InChI=1S/C13H9Cl2N3O4/c14-8-3-6-7(4-9(8)15)12(21)18(11(6)20)5-10(19)17-2-1-16-13(17)22/h3-4H,1-2,5H2,(H,16,22). The molecule has 0 aliphatic carbocycles. The Hall–Kier alpha value is -2.12. The molecular formula is C13H9Cl2N3O4. The number of imide groups is 2. The maximum absolute atomic E-state index is 12.2. The fourth-order valence-corrected chi connectivity index (χ4v) is 2.68. The summed E-state index contributed by atoms with van der Waals surface area (Å²) in [7, 11) is 0. The molecule has 0 radical (unpaired) electrons. The molecule has 7 nitrogen and oxygen atoms in total. The molecule has 1 aromatic carbocycles. The Balaban J connectivity index is 1.85. The van der Waals surface area contributed by atoms with Gasteiger partial charge in [0.2, 0.25) is 0 Å². The lowest BCUT2D eigenvalue weighted by atomic mass is 10.1. The average Bonchev–Trinajstić information content (AvgIpc) is 2.99. The van der Waals surface area contributed by atoms with Gasteiger partial charge >= 0.3 is 6.03 Å². The van der Waals surface area contributed by atoms with Crippen LogP contribution in [0, 0.1) is 0 Å². The van der Waals surface area contributed by atoms with Crippen LogP contribution in [0.4, 0.5) is 4.79 Å². The van der Waals surface area contributed by atoms with E-state index >= 15 is 0 Å². The molecule has 1 aromatic rings. The lowest BCUT2D eigenvalue weighted by Crippen LogP contribution is -2.43. The van der Waals surface area contributed by atoms with Gasteiger partial charge in [0, 0.05) is 13.1 Å². The van der Waals surface area contributed by atoms with Crippen LogP contribution in [0.5, 0.6) is 0 Å². The first-order valence-electron chi connectivity index (χ1n) is 6.33. The minimum atomic E-state index is -0.633. The van der Waals surface area contributed by atoms with Crippen LogP contribution in [0.15, 0.2) is 12.1 Å². The van der Waals surface area contributed by atoms with Gasteiger partial charge in [-0.15, -0.1) is 0 Å². The lowest BCUT2D eigenvalue weighted by Gasteiger charge is -2.17. The van der Waals surface area contributed by atoms with Gasteiger partial charge in [-0.1, -0.05) is 23.2 Å². The minimum absolute atomic E-state index is 0.0954. The number of carbonyl (C=O) groups excluding carboxylic acids is 4. The lowest BCUT2D eigenvalue weighted by molar-refractivity contribution is -0.127. The molecule has 2 heterocycles. The third-order valence-corrected chi connectivity index (χ3v) is 4.18. The normalized spacial score (nSPS) is 17.1. The molecule has 1 fully saturated rings. The Morgan fingerprint density at radius 3 is 2.09 bits per heavy atom. The van der Waals surface area contributed by atoms with Crippen molar-refractivity contribution in [1.29, 1.82) is 0 Å². The number of fused-ring (bicyclic) bond motifs is 1. The maximum atomic E-state index is 12.2. The first-order chi connectivity index (χ1) is 10.4. The number of hydrogen-bond donors (Lipinski definition) is 1. The van der Waals surface area contributed by atoms with E-state index in [1.165, 1.54) is 12.1 Å². The molecule has 0 atom stereocenters. The molecule has 3 rings (SSSR count). The summed E-state index contributed by atoms with van der Waals surface area (Å²) in [6, 6.07) is 2.06. The monoisotopic (exact) mass is 341 g/mol. The maximum Gasteiger partial charge on any atom is 0.324 e. The van der Waals surface area contributed by atoms with Crippen LogP contribution in [0.25, 0.3) is 0 Å². The summed E-state index contributed by atoms with van der Waals surface area (Å²) in [5.74, 6) is -1.89. The highest BCUT2D eigenvalue weighted by Gasteiger charge is 2.39. The van der Waals surface area contributed by atoms with E-state index in [9.17, 15) is 19.2 Å². The van der Waals surface area contributed by atoms with Gasteiger partial charge in [0.05, 0.1) is 21.2 Å². The van der Waals surface area contributed by atoms with Crippen LogP contribution in [0.3, 0.4) is 0 Å². The van der Waals surface area contributed by atoms with Crippen molar-refractivity contribution in [3.8, 4) is 0 Å². The third-order valence-electron chi connectivity index (χ3n) is 3.46. The number of nitrogens with zero attached hydrogens (tertiary/aromatic N) is 2. The predicted molar refractivity (Wildman–Crippen MR) is 76.9 cm³/mol. The summed E-state index contributed by atoms with van der Waals surface area (Å²) in [6.45, 7) is 0.0470. The van der Waals surface area contributed by atoms with Crippen molar-refractivity contribution in [3.05, 3.63) is 33.3 Å². The highest BCUT2D eigenvalue weighted by atomic mass is 35.5. The van der Waals surface area contributed by atoms with Crippen LogP contribution in [-0.4, -0.2) is 53.2 Å². The smallest absolute Gasteiger partial charge is 0.324 e. The summed E-state index contributed by atoms with van der Waals surface area (Å²) >= 11 is 11.7. The van der Waals surface area contributed by atoms with E-state index in [2.05, 4.69) is 5.32 Å². The zero-order valence-corrected chi connectivity index (χ0v) is 12.6. The van der Waals surface area contributed by atoms with Gasteiger partial charge in [0.25, 0.3) is 17.7 Å². The Morgan fingerprint density at radius 1 is 1.09 bits per heavy atom. The SMILES string of the molecule is O=C(CN1C(=O)c2cc(Cl)c(Cl)cc2C1=O)N1CCNC1=O. The molecule has 1 saturated heterocycles. The minimum Gasteiger partial charge on any atom is -0.336 e. The third kappa shape index (κ3) is 2.22. The molecular weight excluding hydrogens is 333 g/mol. The molecule has 0 unspecified atom stereocenters. The summed E-state index contributed by atoms with van der Waals surface area (Å²) in [5.41, 5.74) is 0.191. The van der Waals surface area contributed by atoms with Crippen molar-refractivity contribution in [2.45, 2.75) is 0 Å². The Morgan fingerprint density at radius 2 is 1.64 bits per heavy atom. The molecule has 0 aromatic heterocycles. The van der Waals surface area contributed by atoms with E-state index < -0.39 is 30.3 Å². The number of halogens is 2. The number of urea groups is 1. The fourth-order valence-electron chi connectivity index (χ4n) is 2.36. The fraction of sp³-hybridized carbons (Fsp3) is 0.231. The number of carbonyl (C=O) groups is 4. The van der Waals surface area contributed by atoms with Gasteiger partial charge in [-0.05, 0) is 12.1 Å². The van der Waals surface area contributed by atoms with Crippen molar-refractivity contribution in [1.82, 2.24) is 15.1 Å². The zero-order chi connectivity index (χ0) is 16.0. The molecule has 2 aliphatic rings. The number of benzene rings is 1. The van der Waals surface area contributed by atoms with E-state index in [0.29, 0.717) is 6.54 Å². The van der Waals surface area contributed by atoms with Gasteiger partial charge in [-0.25, -0.2) is 4.79 Å². The molecule has 5 amide bonds. The van der Waals surface area contributed by atoms with Gasteiger partial charge in [0.1, 0.15) is 6.54 Å². The molecule has 0 bridgehead atoms. The van der Waals surface area contributed by atoms with Crippen molar-refractivity contribution in [3.63, 3.8) is 0 Å². The highest BCUT2D eigenvalue weighted by Crippen LogP contribution is 2.31. The summed E-state index contributed by atoms with van der Waals surface area (Å²) < 4.78 is 0. The summed E-state index contributed by atoms with van der Waals surface area (Å²) in [5, 5.41) is 2.77. The first kappa shape index (κ1) is 14.8. The molecule has 9 heteroatoms. The van der Waals surface area contributed by atoms with Gasteiger partial charge in [-0.3, -0.25) is 24.2 Å². The van der Waals surface area contributed by atoms with Gasteiger partial charge < -0.3 is 5.32 Å². The topological polar surface area (TPSA) is 86.8 Å². The largest absolute Gasteiger partial charge is 0.336 e. The molecule has 2 aliphatic heterocycles. The van der Waals surface area contributed by atoms with E-state index in [1.54, 1.807) is 0 Å². The summed E-state index contributed by atoms with van der Waals surface area (Å²) in [4.78, 5) is 49.7. The van der Waals surface area contributed by atoms with E-state index in [4.69, 9.17) is 23.2 Å². The van der Waals surface area contributed by atoms with Crippen LogP contribution >= 0.6 is 23.2 Å². The Kier molecular flexibility index (Phi) is 3.54. The van der Waals surface area contributed by atoms with Crippen molar-refractivity contribution >= 4 is 47.0 Å². The second kappa shape index (κ2) is 5.26. The van der Waals surface area contributed by atoms with Crippen LogP contribution < -0.4 is 5.32 Å². The van der Waals surface area contributed by atoms with E-state index in [1.807, 2.05) is 0 Å². The van der Waals surface area contributed by atoms with Crippen molar-refractivity contribution in [2.24, 2.45) is 0 Å². The Labute approximate surface area is 134 Å². The first-order valence-corrected chi connectivity index (χ1v) is 7.09. The van der Waals surface area contributed by atoms with Crippen LogP contribution in [-0.2, 0) is 4.79 Å². The van der Waals surface area contributed by atoms with E-state index in [-0.39, 0.29) is 27.7 Å². The molecule has 0 saturated carbocycles.